The molecule has 0 aliphatic rings. The van der Waals surface area contributed by atoms with Crippen LogP contribution in [0.25, 0.3) is 6.08 Å². The summed E-state index contributed by atoms with van der Waals surface area (Å²) in [4.78, 5) is 0. The van der Waals surface area contributed by atoms with Crippen molar-refractivity contribution in [1.29, 1.82) is 0 Å². The number of benzene rings is 1. The molecule has 0 aliphatic carbocycles. The molecule has 82 valence electrons. The van der Waals surface area contributed by atoms with Crippen LogP contribution in [0.15, 0.2) is 24.3 Å². The Morgan fingerprint density at radius 3 is 2.40 bits per heavy atom. The van der Waals surface area contributed by atoms with E-state index in [9.17, 15) is 17.6 Å². The summed E-state index contributed by atoms with van der Waals surface area (Å²) < 4.78 is 49.7. The van der Waals surface area contributed by atoms with Gasteiger partial charge in [-0.15, -0.1) is 0 Å². The third kappa shape index (κ3) is 3.08. The zero-order valence-corrected chi connectivity index (χ0v) is 8.11. The van der Waals surface area contributed by atoms with E-state index in [4.69, 9.17) is 0 Å². The summed E-state index contributed by atoms with van der Waals surface area (Å²) in [5, 5.41) is 0. The van der Waals surface area contributed by atoms with Crippen LogP contribution in [0.3, 0.4) is 0 Å². The van der Waals surface area contributed by atoms with Gasteiger partial charge in [-0.2, -0.15) is 13.2 Å². The Morgan fingerprint density at radius 2 is 1.93 bits per heavy atom. The number of hydrogen-bond acceptors (Lipinski definition) is 0. The minimum absolute atomic E-state index is 0.171. The highest BCUT2D eigenvalue weighted by atomic mass is 19.4. The second kappa shape index (κ2) is 4.47. The fraction of sp³-hybridized carbons (Fsp3) is 0.273. The van der Waals surface area contributed by atoms with Crippen LogP contribution in [0.2, 0.25) is 0 Å². The Kier molecular flexibility index (Phi) is 3.50. The largest absolute Gasteiger partial charge is 0.416 e. The average Bonchev–Trinajstić information content (AvgIpc) is 2.14. The molecule has 1 aromatic rings. The lowest BCUT2D eigenvalue weighted by Gasteiger charge is -2.07. The van der Waals surface area contributed by atoms with E-state index >= 15 is 0 Å². The first-order chi connectivity index (χ1) is 6.95. The van der Waals surface area contributed by atoms with Crippen molar-refractivity contribution in [2.45, 2.75) is 19.5 Å². The van der Waals surface area contributed by atoms with Gasteiger partial charge in [0.2, 0.25) is 0 Å². The van der Waals surface area contributed by atoms with Crippen molar-refractivity contribution in [2.24, 2.45) is 0 Å². The SMILES string of the molecule is CC/C=C/c1ccc(C(F)(F)F)cc1F. The van der Waals surface area contributed by atoms with Crippen molar-refractivity contribution in [3.05, 3.63) is 41.2 Å². The second-order valence-electron chi connectivity index (χ2n) is 3.04. The van der Waals surface area contributed by atoms with E-state index in [0.717, 1.165) is 12.1 Å². The zero-order chi connectivity index (χ0) is 11.5. The van der Waals surface area contributed by atoms with Gasteiger partial charge in [-0.25, -0.2) is 4.39 Å². The van der Waals surface area contributed by atoms with Crippen LogP contribution in [-0.4, -0.2) is 0 Å². The fourth-order valence-electron chi connectivity index (χ4n) is 1.08. The third-order valence-electron chi connectivity index (χ3n) is 1.86. The number of rotatable bonds is 2. The first-order valence-electron chi connectivity index (χ1n) is 4.48. The maximum Gasteiger partial charge on any atom is 0.416 e. The fourth-order valence-corrected chi connectivity index (χ4v) is 1.08. The second-order valence-corrected chi connectivity index (χ2v) is 3.04. The van der Waals surface area contributed by atoms with Crippen molar-refractivity contribution in [3.8, 4) is 0 Å². The molecule has 0 amide bonds. The van der Waals surface area contributed by atoms with Crippen molar-refractivity contribution >= 4 is 6.08 Å². The number of alkyl halides is 3. The molecule has 0 aromatic heterocycles. The van der Waals surface area contributed by atoms with Crippen LogP contribution in [-0.2, 0) is 6.18 Å². The van der Waals surface area contributed by atoms with E-state index in [1.54, 1.807) is 6.08 Å². The van der Waals surface area contributed by atoms with Crippen molar-refractivity contribution in [1.82, 2.24) is 0 Å². The lowest BCUT2D eigenvalue weighted by atomic mass is 10.1. The molecule has 0 atom stereocenters. The predicted molar refractivity (Wildman–Crippen MR) is 50.7 cm³/mol. The maximum absolute atomic E-state index is 13.2. The van der Waals surface area contributed by atoms with Crippen LogP contribution in [0.4, 0.5) is 17.6 Å². The molecule has 0 unspecified atom stereocenters. The molecule has 0 radical (unpaired) electrons. The first kappa shape index (κ1) is 11.8. The predicted octanol–water partition coefficient (Wildman–Crippen LogP) is 4.27. The summed E-state index contributed by atoms with van der Waals surface area (Å²) in [7, 11) is 0. The molecule has 0 N–H and O–H groups in total. The van der Waals surface area contributed by atoms with Gasteiger partial charge in [-0.3, -0.25) is 0 Å². The van der Waals surface area contributed by atoms with Crippen molar-refractivity contribution in [3.63, 3.8) is 0 Å². The van der Waals surface area contributed by atoms with Gasteiger partial charge in [0, 0.05) is 5.56 Å². The summed E-state index contributed by atoms with van der Waals surface area (Å²) in [6, 6.07) is 2.51. The Morgan fingerprint density at radius 1 is 1.27 bits per heavy atom. The van der Waals surface area contributed by atoms with E-state index in [0.29, 0.717) is 12.5 Å². The van der Waals surface area contributed by atoms with E-state index < -0.39 is 17.6 Å². The highest BCUT2D eigenvalue weighted by Gasteiger charge is 2.30. The Bertz CT molecular complexity index is 363. The van der Waals surface area contributed by atoms with Gasteiger partial charge in [0.05, 0.1) is 5.56 Å². The van der Waals surface area contributed by atoms with Gasteiger partial charge in [0.25, 0.3) is 0 Å². The average molecular weight is 218 g/mol. The van der Waals surface area contributed by atoms with Crippen LogP contribution in [0.5, 0.6) is 0 Å². The smallest absolute Gasteiger partial charge is 0.206 e. The van der Waals surface area contributed by atoms with Crippen LogP contribution in [0.1, 0.15) is 24.5 Å². The summed E-state index contributed by atoms with van der Waals surface area (Å²) in [5.41, 5.74) is -0.793. The highest BCUT2D eigenvalue weighted by molar-refractivity contribution is 5.50. The molecular weight excluding hydrogens is 208 g/mol. The normalized spacial score (nSPS) is 12.3. The Balaban J connectivity index is 3.04. The molecule has 0 aliphatic heterocycles. The van der Waals surface area contributed by atoms with Crippen LogP contribution in [0, 0.1) is 5.82 Å². The summed E-state index contributed by atoms with van der Waals surface area (Å²) in [6.45, 7) is 1.86. The molecule has 0 bridgehead atoms. The molecule has 0 nitrogen and oxygen atoms in total. The lowest BCUT2D eigenvalue weighted by Crippen LogP contribution is -2.05. The van der Waals surface area contributed by atoms with Crippen LogP contribution < -0.4 is 0 Å². The Hall–Kier alpha value is -1.32. The molecule has 0 saturated carbocycles. The minimum atomic E-state index is -4.49. The molecule has 0 heterocycles. The molecule has 1 aromatic carbocycles. The van der Waals surface area contributed by atoms with Gasteiger partial charge >= 0.3 is 6.18 Å². The first-order valence-corrected chi connectivity index (χ1v) is 4.48. The summed E-state index contributed by atoms with van der Waals surface area (Å²) in [6.07, 6.45) is -0.629. The molecule has 15 heavy (non-hydrogen) atoms. The Labute approximate surface area is 85.2 Å². The highest BCUT2D eigenvalue weighted by Crippen LogP contribution is 2.30. The lowest BCUT2D eigenvalue weighted by molar-refractivity contribution is -0.137. The van der Waals surface area contributed by atoms with Gasteiger partial charge in [-0.05, 0) is 18.6 Å². The third-order valence-corrected chi connectivity index (χ3v) is 1.86. The molecule has 0 saturated heterocycles. The molecule has 1 rings (SSSR count). The van der Waals surface area contributed by atoms with Gasteiger partial charge in [0.15, 0.2) is 0 Å². The van der Waals surface area contributed by atoms with E-state index in [1.807, 2.05) is 6.92 Å². The van der Waals surface area contributed by atoms with Gasteiger partial charge in [0.1, 0.15) is 5.82 Å². The monoisotopic (exact) mass is 218 g/mol. The topological polar surface area (TPSA) is 0 Å². The molecular formula is C11H10F4. The van der Waals surface area contributed by atoms with Gasteiger partial charge in [-0.1, -0.05) is 25.1 Å². The van der Waals surface area contributed by atoms with Crippen molar-refractivity contribution in [2.75, 3.05) is 0 Å². The summed E-state index contributed by atoms with van der Waals surface area (Å²) in [5.74, 6) is -0.852. The number of hydrogen-bond donors (Lipinski definition) is 0. The summed E-state index contributed by atoms with van der Waals surface area (Å²) >= 11 is 0. The van der Waals surface area contributed by atoms with E-state index in [2.05, 4.69) is 0 Å². The maximum atomic E-state index is 13.2. The number of allylic oxidation sites excluding steroid dienone is 1. The number of halogens is 4. The van der Waals surface area contributed by atoms with Crippen molar-refractivity contribution < 1.29 is 17.6 Å². The molecule has 0 fully saturated rings. The van der Waals surface area contributed by atoms with Gasteiger partial charge < -0.3 is 0 Å². The van der Waals surface area contributed by atoms with E-state index in [-0.39, 0.29) is 5.56 Å². The minimum Gasteiger partial charge on any atom is -0.206 e. The van der Waals surface area contributed by atoms with E-state index in [1.165, 1.54) is 6.08 Å². The molecule has 4 heteroatoms. The van der Waals surface area contributed by atoms with Crippen LogP contribution >= 0.6 is 0 Å². The zero-order valence-electron chi connectivity index (χ0n) is 8.11. The molecule has 0 spiro atoms. The quantitative estimate of drug-likeness (QED) is 0.650. The standard InChI is InChI=1S/C11H10F4/c1-2-3-4-8-5-6-9(7-10(8)12)11(13,14)15/h3-7H,2H2,1H3/b4-3+.